The van der Waals surface area contributed by atoms with Gasteiger partial charge in [-0.25, -0.2) is 0 Å². The molecule has 0 aromatic carbocycles. The normalized spacial score (nSPS) is 36.3. The van der Waals surface area contributed by atoms with Gasteiger partial charge in [0.05, 0.1) is 0 Å². The lowest BCUT2D eigenvalue weighted by Gasteiger charge is -2.55. The van der Waals surface area contributed by atoms with Crippen molar-refractivity contribution in [2.24, 2.45) is 22.7 Å². The quantitative estimate of drug-likeness (QED) is 0.573. The Morgan fingerprint density at radius 3 is 2.60 bits per heavy atom. The molecule has 20 heavy (non-hydrogen) atoms. The van der Waals surface area contributed by atoms with Crippen LogP contribution in [0.15, 0.2) is 23.8 Å². The van der Waals surface area contributed by atoms with E-state index in [2.05, 4.69) is 26.8 Å². The fourth-order valence-electron chi connectivity index (χ4n) is 4.51. The van der Waals surface area contributed by atoms with E-state index in [1.54, 1.807) is 13.0 Å². The molecule has 0 saturated heterocycles. The van der Waals surface area contributed by atoms with Gasteiger partial charge in [-0.1, -0.05) is 39.3 Å². The van der Waals surface area contributed by atoms with E-state index in [1.807, 2.05) is 6.08 Å². The number of carbonyl (C=O) groups excluding carboxylic acids is 2. The third kappa shape index (κ3) is 2.53. The van der Waals surface area contributed by atoms with E-state index in [-0.39, 0.29) is 17.1 Å². The fraction of sp³-hybridized carbons (Fsp3) is 0.667. The van der Waals surface area contributed by atoms with E-state index < -0.39 is 0 Å². The third-order valence-electron chi connectivity index (χ3n) is 5.58. The molecule has 0 N–H and O–H groups in total. The van der Waals surface area contributed by atoms with Crippen molar-refractivity contribution >= 4 is 12.1 Å². The van der Waals surface area contributed by atoms with Gasteiger partial charge in [0, 0.05) is 5.92 Å². The van der Waals surface area contributed by atoms with Gasteiger partial charge in [-0.05, 0) is 54.6 Å². The molecule has 0 spiro atoms. The lowest BCUT2D eigenvalue weighted by molar-refractivity contribution is -0.119. The number of fused-ring (bicyclic) bond motifs is 1. The van der Waals surface area contributed by atoms with Crippen molar-refractivity contribution in [3.63, 3.8) is 0 Å². The molecule has 1 fully saturated rings. The van der Waals surface area contributed by atoms with Crippen LogP contribution in [-0.2, 0) is 9.59 Å². The second-order valence-corrected chi connectivity index (χ2v) is 7.40. The van der Waals surface area contributed by atoms with E-state index in [4.69, 9.17) is 0 Å². The van der Waals surface area contributed by atoms with Crippen molar-refractivity contribution in [1.29, 1.82) is 0 Å². The van der Waals surface area contributed by atoms with Crippen LogP contribution in [0.3, 0.4) is 0 Å². The summed E-state index contributed by atoms with van der Waals surface area (Å²) in [5, 5.41) is 0. The maximum absolute atomic E-state index is 11.7. The molecule has 1 unspecified atom stereocenters. The zero-order valence-electron chi connectivity index (χ0n) is 13.1. The predicted molar refractivity (Wildman–Crippen MR) is 81.3 cm³/mol. The summed E-state index contributed by atoms with van der Waals surface area (Å²) in [6.45, 7) is 8.48. The van der Waals surface area contributed by atoms with Gasteiger partial charge >= 0.3 is 0 Å². The minimum Gasteiger partial charge on any atom is -0.303 e. The van der Waals surface area contributed by atoms with Gasteiger partial charge < -0.3 is 4.79 Å². The number of allylic oxidation sites excluding steroid dienone is 4. The summed E-state index contributed by atoms with van der Waals surface area (Å²) in [7, 11) is 0. The van der Waals surface area contributed by atoms with Crippen LogP contribution < -0.4 is 0 Å². The molecule has 0 heterocycles. The van der Waals surface area contributed by atoms with Gasteiger partial charge in [-0.3, -0.25) is 4.79 Å². The van der Waals surface area contributed by atoms with Gasteiger partial charge in [0.1, 0.15) is 6.29 Å². The van der Waals surface area contributed by atoms with Crippen LogP contribution in [0.1, 0.15) is 53.4 Å². The summed E-state index contributed by atoms with van der Waals surface area (Å²) in [5.41, 5.74) is 1.36. The molecule has 0 aliphatic heterocycles. The molecule has 0 aromatic rings. The van der Waals surface area contributed by atoms with Crippen LogP contribution >= 0.6 is 0 Å². The van der Waals surface area contributed by atoms with Crippen LogP contribution in [0.25, 0.3) is 0 Å². The maximum atomic E-state index is 11.7. The van der Waals surface area contributed by atoms with Crippen molar-refractivity contribution in [3.05, 3.63) is 23.8 Å². The van der Waals surface area contributed by atoms with Crippen LogP contribution in [0, 0.1) is 22.7 Å². The Labute approximate surface area is 122 Å². The molecule has 1 saturated carbocycles. The molecule has 0 amide bonds. The third-order valence-corrected chi connectivity index (χ3v) is 5.58. The zero-order valence-corrected chi connectivity index (χ0v) is 13.1. The second-order valence-electron chi connectivity index (χ2n) is 7.40. The fourth-order valence-corrected chi connectivity index (χ4v) is 4.51. The summed E-state index contributed by atoms with van der Waals surface area (Å²) in [5.74, 6) is 0.511. The smallest absolute Gasteiger partial charge is 0.152 e. The second kappa shape index (κ2) is 5.31. The van der Waals surface area contributed by atoms with E-state index in [1.165, 1.54) is 12.8 Å². The van der Waals surface area contributed by atoms with Gasteiger partial charge in [0.2, 0.25) is 0 Å². The lowest BCUT2D eigenvalue weighted by Crippen LogP contribution is -2.49. The molecule has 110 valence electrons. The standard InChI is InChI=1S/C18H26O2/c1-13(20)6-7-14-8-9-16-17(2,3)10-5-11-18(16,4)15(14)12-19/h6-8,12,15-16H,5,9-11H2,1-4H3/b7-6+/t15-,16?,18+/m0/s1. The highest BCUT2D eigenvalue weighted by atomic mass is 16.1. The molecule has 2 rings (SSSR count). The average molecular weight is 274 g/mol. The highest BCUT2D eigenvalue weighted by Gasteiger charge is 2.52. The maximum Gasteiger partial charge on any atom is 0.152 e. The lowest BCUT2D eigenvalue weighted by atomic mass is 9.49. The van der Waals surface area contributed by atoms with Crippen LogP contribution in [-0.4, -0.2) is 12.1 Å². The Kier molecular flexibility index (Phi) is 4.04. The number of carbonyl (C=O) groups is 2. The monoisotopic (exact) mass is 274 g/mol. The highest BCUT2D eigenvalue weighted by Crippen LogP contribution is 2.59. The molecule has 0 aromatic heterocycles. The van der Waals surface area contributed by atoms with Crippen LogP contribution in [0.2, 0.25) is 0 Å². The first kappa shape index (κ1) is 15.2. The summed E-state index contributed by atoms with van der Waals surface area (Å²) < 4.78 is 0. The number of hydrogen-bond donors (Lipinski definition) is 0. The molecule has 3 atom stereocenters. The van der Waals surface area contributed by atoms with Gasteiger partial charge in [-0.2, -0.15) is 0 Å². The highest BCUT2D eigenvalue weighted by molar-refractivity contribution is 5.88. The first-order valence-corrected chi connectivity index (χ1v) is 7.65. The molecular weight excluding hydrogens is 248 g/mol. The first-order chi connectivity index (χ1) is 9.31. The topological polar surface area (TPSA) is 34.1 Å². The minimum atomic E-state index is -0.0728. The Hall–Kier alpha value is -1.18. The van der Waals surface area contributed by atoms with E-state index in [0.717, 1.165) is 24.7 Å². The van der Waals surface area contributed by atoms with Crippen LogP contribution in [0.4, 0.5) is 0 Å². The van der Waals surface area contributed by atoms with Gasteiger partial charge in [0.25, 0.3) is 0 Å². The molecule has 2 aliphatic carbocycles. The Bertz CT molecular complexity index is 470. The van der Waals surface area contributed by atoms with Crippen molar-refractivity contribution in [3.8, 4) is 0 Å². The molecule has 0 bridgehead atoms. The summed E-state index contributed by atoms with van der Waals surface area (Å²) in [4.78, 5) is 22.9. The molecule has 2 heteroatoms. The van der Waals surface area contributed by atoms with Crippen molar-refractivity contribution in [2.45, 2.75) is 53.4 Å². The first-order valence-electron chi connectivity index (χ1n) is 7.65. The average Bonchev–Trinajstić information content (AvgIpc) is 2.34. The largest absolute Gasteiger partial charge is 0.303 e. The minimum absolute atomic E-state index is 0.0341. The molecule has 0 radical (unpaired) electrons. The van der Waals surface area contributed by atoms with E-state index in [0.29, 0.717) is 11.3 Å². The summed E-state index contributed by atoms with van der Waals surface area (Å²) in [6, 6.07) is 0. The van der Waals surface area contributed by atoms with Crippen molar-refractivity contribution < 1.29 is 9.59 Å². The van der Waals surface area contributed by atoms with E-state index in [9.17, 15) is 9.59 Å². The number of ketones is 1. The number of hydrogen-bond acceptors (Lipinski definition) is 2. The van der Waals surface area contributed by atoms with Gasteiger partial charge in [-0.15, -0.1) is 0 Å². The van der Waals surface area contributed by atoms with Crippen molar-refractivity contribution in [2.75, 3.05) is 0 Å². The summed E-state index contributed by atoms with van der Waals surface area (Å²) >= 11 is 0. The SMILES string of the molecule is CC(=O)/C=C/C1=CCC2C(C)(C)CCC[C@]2(C)[C@H]1C=O. The number of aldehydes is 1. The van der Waals surface area contributed by atoms with Crippen LogP contribution in [0.5, 0.6) is 0 Å². The number of rotatable bonds is 3. The Morgan fingerprint density at radius 2 is 2.00 bits per heavy atom. The Morgan fingerprint density at radius 1 is 1.30 bits per heavy atom. The van der Waals surface area contributed by atoms with E-state index >= 15 is 0 Å². The molecule has 2 nitrogen and oxygen atoms in total. The summed E-state index contributed by atoms with van der Waals surface area (Å²) in [6.07, 6.45) is 11.3. The molecular formula is C18H26O2. The molecule has 2 aliphatic rings. The predicted octanol–water partition coefficient (Wildman–Crippen LogP) is 4.11. The van der Waals surface area contributed by atoms with Gasteiger partial charge in [0.15, 0.2) is 5.78 Å². The zero-order chi connectivity index (χ0) is 15.0. The Balaban J connectivity index is 2.39. The van der Waals surface area contributed by atoms with Crippen molar-refractivity contribution in [1.82, 2.24) is 0 Å².